The van der Waals surface area contributed by atoms with Gasteiger partial charge in [0.05, 0.1) is 4.90 Å². The van der Waals surface area contributed by atoms with E-state index >= 15 is 0 Å². The van der Waals surface area contributed by atoms with Gasteiger partial charge in [0, 0.05) is 37.2 Å². The van der Waals surface area contributed by atoms with Crippen LogP contribution in [0.2, 0.25) is 0 Å². The molecule has 2 aromatic rings. The molecule has 0 bridgehead atoms. The third kappa shape index (κ3) is 4.08. The summed E-state index contributed by atoms with van der Waals surface area (Å²) in [5.74, 6) is -1.23. The Morgan fingerprint density at radius 1 is 0.912 bits per heavy atom. The van der Waals surface area contributed by atoms with Gasteiger partial charge in [-0.1, -0.05) is 12.1 Å². The van der Waals surface area contributed by atoms with Gasteiger partial charge in [0.2, 0.25) is 27.7 Å². The number of fused-ring (bicyclic) bond motifs is 2. The molecule has 0 aliphatic carbocycles. The normalized spacial score (nSPS) is 20.0. The number of nitrogens with one attached hydrogen (secondary N) is 3. The van der Waals surface area contributed by atoms with Gasteiger partial charge in [0.1, 0.15) is 6.04 Å². The molecule has 1 fully saturated rings. The average molecular weight is 483 g/mol. The minimum absolute atomic E-state index is 0.0187. The van der Waals surface area contributed by atoms with Crippen molar-refractivity contribution in [1.82, 2.24) is 14.9 Å². The summed E-state index contributed by atoms with van der Waals surface area (Å²) in [7, 11) is -3.82. The fourth-order valence-corrected chi connectivity index (χ4v) is 5.57. The Hall–Kier alpha value is -3.57. The van der Waals surface area contributed by atoms with Gasteiger partial charge >= 0.3 is 0 Å². The van der Waals surface area contributed by atoms with Crippen molar-refractivity contribution in [2.45, 2.75) is 49.7 Å². The van der Waals surface area contributed by atoms with Crippen LogP contribution in [0.3, 0.4) is 0 Å². The average Bonchev–Trinajstić information content (AvgIpc) is 3.13. The molecule has 3 N–H and O–H groups in total. The fraction of sp³-hybridized carbons (Fsp3) is 0.304. The highest BCUT2D eigenvalue weighted by Crippen LogP contribution is 2.29. The van der Waals surface area contributed by atoms with E-state index in [1.54, 1.807) is 30.3 Å². The third-order valence-corrected chi connectivity index (χ3v) is 7.74. The summed E-state index contributed by atoms with van der Waals surface area (Å²) in [5, 5.41) is 4.99. The van der Waals surface area contributed by atoms with Crippen LogP contribution in [0.1, 0.15) is 46.3 Å². The molecule has 0 saturated carbocycles. The topological polar surface area (TPSA) is 142 Å². The summed E-state index contributed by atoms with van der Waals surface area (Å²) < 4.78 is 28.2. The molecule has 34 heavy (non-hydrogen) atoms. The number of nitrogens with zero attached hydrogens (tertiary/aromatic N) is 1. The zero-order valence-corrected chi connectivity index (χ0v) is 18.9. The lowest BCUT2D eigenvalue weighted by atomic mass is 10.0. The molecule has 3 aliphatic rings. The van der Waals surface area contributed by atoms with Crippen LogP contribution < -0.4 is 15.4 Å². The van der Waals surface area contributed by atoms with E-state index in [4.69, 9.17) is 0 Å². The molecule has 5 rings (SSSR count). The van der Waals surface area contributed by atoms with E-state index in [0.29, 0.717) is 29.7 Å². The monoisotopic (exact) mass is 482 g/mol. The Morgan fingerprint density at radius 3 is 2.50 bits per heavy atom. The van der Waals surface area contributed by atoms with Crippen molar-refractivity contribution in [2.75, 3.05) is 5.32 Å². The van der Waals surface area contributed by atoms with E-state index in [9.17, 15) is 27.6 Å². The lowest BCUT2D eigenvalue weighted by Crippen LogP contribution is -2.52. The minimum Gasteiger partial charge on any atom is -0.326 e. The number of rotatable bonds is 5. The first kappa shape index (κ1) is 22.2. The lowest BCUT2D eigenvalue weighted by molar-refractivity contribution is -0.137. The van der Waals surface area contributed by atoms with Crippen molar-refractivity contribution in [2.24, 2.45) is 0 Å². The second-order valence-corrected chi connectivity index (χ2v) is 10.4. The molecular formula is C23H22N4O6S. The molecule has 0 spiro atoms. The summed E-state index contributed by atoms with van der Waals surface area (Å²) in [6, 6.07) is 9.01. The Bertz CT molecular complexity index is 1350. The number of benzene rings is 2. The molecule has 1 atom stereocenters. The van der Waals surface area contributed by atoms with Gasteiger partial charge in [-0.25, -0.2) is 13.1 Å². The van der Waals surface area contributed by atoms with Crippen molar-refractivity contribution in [3.63, 3.8) is 0 Å². The number of sulfonamides is 1. The van der Waals surface area contributed by atoms with Crippen LogP contribution in [0.15, 0.2) is 41.3 Å². The van der Waals surface area contributed by atoms with Crippen molar-refractivity contribution in [1.29, 1.82) is 0 Å². The van der Waals surface area contributed by atoms with Crippen LogP contribution in [0, 0.1) is 0 Å². The standard InChI is InChI=1S/C23H22N4O6S/c28-20-7-3-14-10-16(4-5-18(14)25-20)34(32,33)24-11-13-1-2-15-12-27(23(31)17(15)9-13)19-6-8-21(29)26-22(19)30/h1-2,4-5,9-10,19,24H,3,6-8,11-12H2,(H,25,28)(H,26,29,30). The van der Waals surface area contributed by atoms with Crippen LogP contribution in [-0.2, 0) is 43.9 Å². The molecule has 2 aromatic carbocycles. The summed E-state index contributed by atoms with van der Waals surface area (Å²) in [4.78, 5) is 49.6. The van der Waals surface area contributed by atoms with Crippen LogP contribution in [0.25, 0.3) is 0 Å². The zero-order chi connectivity index (χ0) is 24.0. The Balaban J connectivity index is 1.29. The molecule has 4 amide bonds. The van der Waals surface area contributed by atoms with Crippen LogP contribution in [-0.4, -0.2) is 43.0 Å². The Kier molecular flexibility index (Phi) is 5.45. The number of carbonyl (C=O) groups excluding carboxylic acids is 4. The number of amides is 4. The Labute approximate surface area is 195 Å². The maximum absolute atomic E-state index is 12.9. The first-order valence-electron chi connectivity index (χ1n) is 10.9. The quantitative estimate of drug-likeness (QED) is 0.539. The zero-order valence-electron chi connectivity index (χ0n) is 18.1. The Morgan fingerprint density at radius 2 is 1.71 bits per heavy atom. The first-order valence-corrected chi connectivity index (χ1v) is 12.4. The molecule has 1 unspecified atom stereocenters. The largest absolute Gasteiger partial charge is 0.326 e. The third-order valence-electron chi connectivity index (χ3n) is 6.34. The van der Waals surface area contributed by atoms with Gasteiger partial charge in [0.25, 0.3) is 5.91 Å². The lowest BCUT2D eigenvalue weighted by Gasteiger charge is -2.29. The van der Waals surface area contributed by atoms with Gasteiger partial charge in [-0.05, 0) is 53.8 Å². The molecule has 3 aliphatic heterocycles. The van der Waals surface area contributed by atoms with Crippen molar-refractivity contribution in [3.8, 4) is 0 Å². The smallest absolute Gasteiger partial charge is 0.255 e. The summed E-state index contributed by atoms with van der Waals surface area (Å²) in [5.41, 5.74) is 3.15. The van der Waals surface area contributed by atoms with Crippen molar-refractivity contribution >= 4 is 39.3 Å². The fourth-order valence-electron chi connectivity index (χ4n) is 4.50. The van der Waals surface area contributed by atoms with Gasteiger partial charge < -0.3 is 10.2 Å². The number of hydrogen-bond acceptors (Lipinski definition) is 6. The second kappa shape index (κ2) is 8.33. The van der Waals surface area contributed by atoms with Crippen molar-refractivity contribution < 1.29 is 27.6 Å². The molecule has 0 radical (unpaired) electrons. The highest BCUT2D eigenvalue weighted by atomic mass is 32.2. The van der Waals surface area contributed by atoms with E-state index in [2.05, 4.69) is 15.4 Å². The molecule has 3 heterocycles. The van der Waals surface area contributed by atoms with Crippen LogP contribution in [0.4, 0.5) is 5.69 Å². The van der Waals surface area contributed by atoms with E-state index in [-0.39, 0.29) is 48.5 Å². The van der Waals surface area contributed by atoms with E-state index in [1.807, 2.05) is 0 Å². The predicted octanol–water partition coefficient (Wildman–Crippen LogP) is 0.811. The van der Waals surface area contributed by atoms with Gasteiger partial charge in [-0.2, -0.15) is 0 Å². The molecule has 10 nitrogen and oxygen atoms in total. The first-order chi connectivity index (χ1) is 16.2. The van der Waals surface area contributed by atoms with Gasteiger partial charge in [0.15, 0.2) is 0 Å². The highest BCUT2D eigenvalue weighted by Gasteiger charge is 2.39. The summed E-state index contributed by atoms with van der Waals surface area (Å²) in [6.45, 7) is 0.243. The number of aryl methyl sites for hydroxylation is 1. The molecule has 176 valence electrons. The number of hydrogen-bond donors (Lipinski definition) is 3. The van der Waals surface area contributed by atoms with Crippen LogP contribution in [0.5, 0.6) is 0 Å². The second-order valence-electron chi connectivity index (χ2n) is 8.58. The van der Waals surface area contributed by atoms with E-state index in [0.717, 1.165) is 11.1 Å². The van der Waals surface area contributed by atoms with Gasteiger partial charge in [-0.3, -0.25) is 24.5 Å². The molecule has 1 saturated heterocycles. The maximum Gasteiger partial charge on any atom is 0.255 e. The number of anilines is 1. The highest BCUT2D eigenvalue weighted by molar-refractivity contribution is 7.89. The van der Waals surface area contributed by atoms with E-state index < -0.39 is 22.0 Å². The number of imide groups is 1. The predicted molar refractivity (Wildman–Crippen MR) is 120 cm³/mol. The molecular weight excluding hydrogens is 460 g/mol. The molecule has 0 aromatic heterocycles. The van der Waals surface area contributed by atoms with E-state index in [1.165, 1.54) is 11.0 Å². The number of piperidine rings is 1. The minimum atomic E-state index is -3.82. The SMILES string of the molecule is O=C1CCC(N2Cc3ccc(CNS(=O)(=O)c4ccc5c(c4)CCC(=O)N5)cc3C2=O)C(=O)N1. The van der Waals surface area contributed by atoms with Crippen molar-refractivity contribution in [3.05, 3.63) is 58.7 Å². The summed E-state index contributed by atoms with van der Waals surface area (Å²) in [6.07, 6.45) is 1.24. The number of carbonyl (C=O) groups is 4. The summed E-state index contributed by atoms with van der Waals surface area (Å²) >= 11 is 0. The van der Waals surface area contributed by atoms with Crippen LogP contribution >= 0.6 is 0 Å². The van der Waals surface area contributed by atoms with Gasteiger partial charge in [-0.15, -0.1) is 0 Å². The molecule has 11 heteroatoms. The maximum atomic E-state index is 12.9.